The number of nitrogen functional groups attached to an aromatic ring is 1. The maximum Gasteiger partial charge on any atom is 0.115 e. The molecular formula is C27H32N2O. The predicted molar refractivity (Wildman–Crippen MR) is 128 cm³/mol. The van der Waals surface area contributed by atoms with Crippen molar-refractivity contribution in [2.45, 2.75) is 53.9 Å². The van der Waals surface area contributed by atoms with Crippen molar-refractivity contribution in [3.8, 4) is 5.75 Å². The van der Waals surface area contributed by atoms with E-state index >= 15 is 0 Å². The van der Waals surface area contributed by atoms with E-state index in [4.69, 9.17) is 10.7 Å². The minimum atomic E-state index is 0.277. The Bertz CT molecular complexity index is 1030. The molecule has 3 heteroatoms. The minimum Gasteiger partial charge on any atom is -0.508 e. The Hall–Kier alpha value is -3.07. The van der Waals surface area contributed by atoms with Crippen LogP contribution in [0, 0.1) is 27.7 Å². The highest BCUT2D eigenvalue weighted by atomic mass is 16.3. The average molecular weight is 401 g/mol. The third-order valence-electron chi connectivity index (χ3n) is 5.55. The van der Waals surface area contributed by atoms with Crippen LogP contribution in [0.15, 0.2) is 53.5 Å². The van der Waals surface area contributed by atoms with Crippen molar-refractivity contribution in [1.82, 2.24) is 0 Å². The summed E-state index contributed by atoms with van der Waals surface area (Å²) in [6, 6.07) is 16.2. The Balaban J connectivity index is 1.95. The van der Waals surface area contributed by atoms with Crippen LogP contribution in [0.3, 0.4) is 0 Å². The molecule has 0 aliphatic heterocycles. The van der Waals surface area contributed by atoms with Gasteiger partial charge in [-0.1, -0.05) is 37.6 Å². The first-order valence-corrected chi connectivity index (χ1v) is 10.6. The number of phenols is 1. The molecule has 0 heterocycles. The van der Waals surface area contributed by atoms with Crippen molar-refractivity contribution in [3.63, 3.8) is 0 Å². The fraction of sp³-hybridized carbons (Fsp3) is 0.296. The van der Waals surface area contributed by atoms with Crippen LogP contribution < -0.4 is 5.73 Å². The highest BCUT2D eigenvalue weighted by Gasteiger charge is 2.10. The summed E-state index contributed by atoms with van der Waals surface area (Å²) in [7, 11) is 0. The molecule has 0 radical (unpaired) electrons. The molecular weight excluding hydrogens is 368 g/mol. The fourth-order valence-electron chi connectivity index (χ4n) is 4.02. The highest BCUT2D eigenvalue weighted by molar-refractivity contribution is 6.02. The van der Waals surface area contributed by atoms with Crippen molar-refractivity contribution in [2.75, 3.05) is 5.73 Å². The zero-order valence-electron chi connectivity index (χ0n) is 18.7. The van der Waals surface area contributed by atoms with Gasteiger partial charge in [0.05, 0.1) is 5.69 Å². The number of aliphatic imine (C=N–C) groups is 1. The second-order valence-electron chi connectivity index (χ2n) is 8.25. The lowest BCUT2D eigenvalue weighted by Gasteiger charge is -2.13. The van der Waals surface area contributed by atoms with E-state index in [1.165, 1.54) is 22.3 Å². The topological polar surface area (TPSA) is 58.6 Å². The number of aryl methyl sites for hydroxylation is 4. The quantitative estimate of drug-likeness (QED) is 0.356. The summed E-state index contributed by atoms with van der Waals surface area (Å²) in [5, 5.41) is 9.60. The first kappa shape index (κ1) is 21.6. The summed E-state index contributed by atoms with van der Waals surface area (Å²) in [5.74, 6) is 0.277. The summed E-state index contributed by atoms with van der Waals surface area (Å²) in [6.07, 6.45) is 2.80. The maximum atomic E-state index is 9.60. The van der Waals surface area contributed by atoms with Crippen LogP contribution in [-0.2, 0) is 6.42 Å². The van der Waals surface area contributed by atoms with Gasteiger partial charge in [-0.05, 0) is 104 Å². The Labute approximate surface area is 180 Å². The highest BCUT2D eigenvalue weighted by Crippen LogP contribution is 2.29. The number of hydrogen-bond acceptors (Lipinski definition) is 3. The van der Waals surface area contributed by atoms with Crippen LogP contribution in [0.2, 0.25) is 0 Å². The number of anilines is 1. The largest absolute Gasteiger partial charge is 0.508 e. The van der Waals surface area contributed by atoms with Crippen molar-refractivity contribution in [1.29, 1.82) is 0 Å². The summed E-state index contributed by atoms with van der Waals surface area (Å²) in [5.41, 5.74) is 17.4. The first-order chi connectivity index (χ1) is 14.3. The van der Waals surface area contributed by atoms with Gasteiger partial charge in [-0.25, -0.2) is 0 Å². The molecule has 156 valence electrons. The molecule has 0 spiro atoms. The molecule has 0 bridgehead atoms. The maximum absolute atomic E-state index is 9.60. The van der Waals surface area contributed by atoms with E-state index in [9.17, 15) is 5.11 Å². The lowest BCUT2D eigenvalue weighted by Crippen LogP contribution is -2.01. The Morgan fingerprint density at radius 3 is 1.83 bits per heavy atom. The van der Waals surface area contributed by atoms with Gasteiger partial charge in [0, 0.05) is 11.4 Å². The standard InChI is InChI=1S/C27H32N2O/c1-6-7-25(23-8-10-24(30)11-9-23)29-27-19(4)14-22(15-20(27)5)16-21-12-17(2)26(28)18(3)13-21/h8-15,30H,6-7,16,28H2,1-5H3/b29-25+. The lowest BCUT2D eigenvalue weighted by atomic mass is 9.96. The van der Waals surface area contributed by atoms with Gasteiger partial charge in [-0.15, -0.1) is 0 Å². The Kier molecular flexibility index (Phi) is 6.61. The van der Waals surface area contributed by atoms with Crippen molar-refractivity contribution in [3.05, 3.63) is 87.5 Å². The second kappa shape index (κ2) is 9.17. The van der Waals surface area contributed by atoms with Gasteiger partial charge in [0.15, 0.2) is 0 Å². The van der Waals surface area contributed by atoms with Crippen molar-refractivity contribution >= 4 is 17.1 Å². The van der Waals surface area contributed by atoms with Gasteiger partial charge >= 0.3 is 0 Å². The predicted octanol–water partition coefficient (Wildman–Crippen LogP) is 6.72. The van der Waals surface area contributed by atoms with Gasteiger partial charge in [0.1, 0.15) is 5.75 Å². The number of nitrogens with two attached hydrogens (primary N) is 1. The smallest absolute Gasteiger partial charge is 0.115 e. The van der Waals surface area contributed by atoms with E-state index in [1.807, 2.05) is 12.1 Å². The molecule has 0 aromatic heterocycles. The first-order valence-electron chi connectivity index (χ1n) is 10.6. The van der Waals surface area contributed by atoms with Gasteiger partial charge in [-0.2, -0.15) is 0 Å². The van der Waals surface area contributed by atoms with E-state index in [1.54, 1.807) is 12.1 Å². The van der Waals surface area contributed by atoms with E-state index in [0.717, 1.165) is 53.0 Å². The number of hydrogen-bond donors (Lipinski definition) is 2. The number of benzene rings is 3. The number of aromatic hydroxyl groups is 1. The average Bonchev–Trinajstić information content (AvgIpc) is 2.68. The van der Waals surface area contributed by atoms with Gasteiger partial charge in [0.2, 0.25) is 0 Å². The summed E-state index contributed by atoms with van der Waals surface area (Å²) in [4.78, 5) is 5.05. The molecule has 3 aromatic carbocycles. The van der Waals surface area contributed by atoms with Crippen LogP contribution in [0.25, 0.3) is 0 Å². The Morgan fingerprint density at radius 1 is 0.833 bits per heavy atom. The summed E-state index contributed by atoms with van der Waals surface area (Å²) < 4.78 is 0. The van der Waals surface area contributed by atoms with Crippen LogP contribution in [0.1, 0.15) is 58.7 Å². The molecule has 3 rings (SSSR count). The molecule has 0 saturated carbocycles. The third-order valence-corrected chi connectivity index (χ3v) is 5.55. The summed E-state index contributed by atoms with van der Waals surface area (Å²) in [6.45, 7) is 10.6. The van der Waals surface area contributed by atoms with Crippen LogP contribution in [0.5, 0.6) is 5.75 Å². The van der Waals surface area contributed by atoms with Gasteiger partial charge in [-0.3, -0.25) is 4.99 Å². The number of nitrogens with zero attached hydrogens (tertiary/aromatic N) is 1. The molecule has 30 heavy (non-hydrogen) atoms. The third kappa shape index (κ3) is 4.91. The fourth-order valence-corrected chi connectivity index (χ4v) is 4.02. The van der Waals surface area contributed by atoms with Crippen LogP contribution in [-0.4, -0.2) is 10.8 Å². The molecule has 0 amide bonds. The van der Waals surface area contributed by atoms with Crippen LogP contribution in [0.4, 0.5) is 11.4 Å². The van der Waals surface area contributed by atoms with Crippen molar-refractivity contribution < 1.29 is 5.11 Å². The molecule has 0 atom stereocenters. The molecule has 3 N–H and O–H groups in total. The minimum absolute atomic E-state index is 0.277. The van der Waals surface area contributed by atoms with E-state index < -0.39 is 0 Å². The molecule has 0 fully saturated rings. The normalized spacial score (nSPS) is 11.7. The number of rotatable bonds is 6. The van der Waals surface area contributed by atoms with E-state index in [-0.39, 0.29) is 5.75 Å². The lowest BCUT2D eigenvalue weighted by molar-refractivity contribution is 0.475. The molecule has 0 aliphatic carbocycles. The molecule has 0 aliphatic rings. The molecule has 0 unspecified atom stereocenters. The summed E-state index contributed by atoms with van der Waals surface area (Å²) >= 11 is 0. The van der Waals surface area contributed by atoms with E-state index in [0.29, 0.717) is 0 Å². The van der Waals surface area contributed by atoms with Crippen molar-refractivity contribution in [2.24, 2.45) is 4.99 Å². The molecule has 3 aromatic rings. The second-order valence-corrected chi connectivity index (χ2v) is 8.25. The zero-order valence-corrected chi connectivity index (χ0v) is 18.7. The molecule has 0 saturated heterocycles. The van der Waals surface area contributed by atoms with E-state index in [2.05, 4.69) is 58.9 Å². The zero-order chi connectivity index (χ0) is 21.8. The van der Waals surface area contributed by atoms with Gasteiger partial charge in [0.25, 0.3) is 0 Å². The number of phenolic OH excluding ortho intramolecular Hbond substituents is 1. The SMILES string of the molecule is CCC/C(=N\c1c(C)cc(Cc2cc(C)c(N)c(C)c2)cc1C)c1ccc(O)cc1. The van der Waals surface area contributed by atoms with Gasteiger partial charge < -0.3 is 10.8 Å². The Morgan fingerprint density at radius 2 is 1.33 bits per heavy atom. The van der Waals surface area contributed by atoms with Crippen LogP contribution >= 0.6 is 0 Å². The monoisotopic (exact) mass is 400 g/mol. The molecule has 3 nitrogen and oxygen atoms in total.